The Morgan fingerprint density at radius 2 is 1.82 bits per heavy atom. The predicted octanol–water partition coefficient (Wildman–Crippen LogP) is 4.12. The van der Waals surface area contributed by atoms with E-state index in [1.807, 2.05) is 18.2 Å². The Kier molecular flexibility index (Phi) is 4.69. The Bertz CT molecular complexity index is 1040. The molecule has 1 aliphatic carbocycles. The van der Waals surface area contributed by atoms with Gasteiger partial charge in [-0.25, -0.2) is 0 Å². The van der Waals surface area contributed by atoms with Crippen molar-refractivity contribution in [2.24, 2.45) is 5.73 Å². The van der Waals surface area contributed by atoms with Crippen molar-refractivity contribution in [1.82, 2.24) is 0 Å². The van der Waals surface area contributed by atoms with Crippen molar-refractivity contribution in [3.05, 3.63) is 41.2 Å². The summed E-state index contributed by atoms with van der Waals surface area (Å²) in [5, 5.41) is 10.8. The summed E-state index contributed by atoms with van der Waals surface area (Å²) in [6, 6.07) is 7.75. The van der Waals surface area contributed by atoms with Crippen LogP contribution in [0.5, 0.6) is 17.2 Å². The summed E-state index contributed by atoms with van der Waals surface area (Å²) in [5.41, 5.74) is 11.3. The lowest BCUT2D eigenvalue weighted by atomic mass is 9.93. The molecule has 0 spiro atoms. The minimum Gasteiger partial charge on any atom is -0.493 e. The molecule has 0 radical (unpaired) electrons. The van der Waals surface area contributed by atoms with Crippen molar-refractivity contribution in [2.45, 2.75) is 31.9 Å². The molecular weight excluding hydrogens is 358 g/mol. The van der Waals surface area contributed by atoms with Crippen molar-refractivity contribution in [1.29, 1.82) is 0 Å². The van der Waals surface area contributed by atoms with Crippen molar-refractivity contribution in [3.8, 4) is 28.4 Å². The van der Waals surface area contributed by atoms with Gasteiger partial charge in [0.25, 0.3) is 0 Å². The van der Waals surface area contributed by atoms with E-state index in [1.165, 1.54) is 0 Å². The lowest BCUT2D eigenvalue weighted by molar-refractivity contribution is 0.172. The van der Waals surface area contributed by atoms with Crippen LogP contribution in [0, 0.1) is 0 Å². The van der Waals surface area contributed by atoms with E-state index >= 15 is 0 Å². The predicted molar refractivity (Wildman–Crippen MR) is 107 cm³/mol. The van der Waals surface area contributed by atoms with Crippen LogP contribution in [-0.4, -0.2) is 26.4 Å². The van der Waals surface area contributed by atoms with Gasteiger partial charge >= 0.3 is 0 Å². The maximum Gasteiger partial charge on any atom is 0.203 e. The Morgan fingerprint density at radius 3 is 2.46 bits per heavy atom. The topological polar surface area (TPSA) is 87.1 Å². The first-order valence-electron chi connectivity index (χ1n) is 9.31. The zero-order valence-electron chi connectivity index (χ0n) is 16.5. The van der Waals surface area contributed by atoms with Crippen LogP contribution in [-0.2, 0) is 6.42 Å². The molecule has 1 unspecified atom stereocenters. The zero-order valence-corrected chi connectivity index (χ0v) is 16.5. The first-order chi connectivity index (χ1) is 13.5. The number of nitrogens with two attached hydrogens (primary N) is 1. The fourth-order valence-corrected chi connectivity index (χ4v) is 4.02. The first-order valence-corrected chi connectivity index (χ1v) is 9.31. The molecule has 2 atom stereocenters. The van der Waals surface area contributed by atoms with Gasteiger partial charge in [0.1, 0.15) is 17.4 Å². The molecule has 0 bridgehead atoms. The number of furan rings is 1. The summed E-state index contributed by atoms with van der Waals surface area (Å²) < 4.78 is 22.7. The van der Waals surface area contributed by atoms with Crippen molar-refractivity contribution < 1.29 is 23.7 Å². The van der Waals surface area contributed by atoms with E-state index in [0.29, 0.717) is 28.6 Å². The summed E-state index contributed by atoms with van der Waals surface area (Å²) in [6.45, 7) is 1.68. The molecule has 1 aliphatic rings. The van der Waals surface area contributed by atoms with Gasteiger partial charge in [0, 0.05) is 17.0 Å². The fraction of sp³-hybridized carbons (Fsp3) is 0.364. The second kappa shape index (κ2) is 7.04. The highest BCUT2D eigenvalue weighted by Gasteiger charge is 2.28. The Hall–Kier alpha value is -2.70. The highest BCUT2D eigenvalue weighted by atomic mass is 16.5. The molecule has 3 N–H and O–H groups in total. The van der Waals surface area contributed by atoms with Gasteiger partial charge in [-0.15, -0.1) is 0 Å². The summed E-state index contributed by atoms with van der Waals surface area (Å²) in [7, 11) is 4.85. The van der Waals surface area contributed by atoms with Crippen LogP contribution in [0.3, 0.4) is 0 Å². The Morgan fingerprint density at radius 1 is 1.07 bits per heavy atom. The van der Waals surface area contributed by atoms with E-state index < -0.39 is 6.10 Å². The van der Waals surface area contributed by atoms with Gasteiger partial charge in [-0.2, -0.15) is 0 Å². The number of benzene rings is 2. The monoisotopic (exact) mass is 383 g/mol. The molecule has 6 nitrogen and oxygen atoms in total. The summed E-state index contributed by atoms with van der Waals surface area (Å²) in [5.74, 6) is 2.35. The van der Waals surface area contributed by atoms with Crippen LogP contribution >= 0.6 is 0 Å². The molecule has 4 rings (SSSR count). The van der Waals surface area contributed by atoms with Crippen molar-refractivity contribution >= 4 is 11.0 Å². The second-order valence-corrected chi connectivity index (χ2v) is 7.13. The van der Waals surface area contributed by atoms with Gasteiger partial charge < -0.3 is 29.5 Å². The van der Waals surface area contributed by atoms with E-state index in [-0.39, 0.29) is 6.04 Å². The van der Waals surface area contributed by atoms with Crippen LogP contribution in [0.4, 0.5) is 0 Å². The van der Waals surface area contributed by atoms with Crippen LogP contribution in [0.15, 0.2) is 28.7 Å². The third-order valence-electron chi connectivity index (χ3n) is 5.42. The maximum atomic E-state index is 9.88. The molecule has 0 aliphatic heterocycles. The molecule has 0 saturated heterocycles. The molecule has 1 aromatic heterocycles. The van der Waals surface area contributed by atoms with Crippen molar-refractivity contribution in [2.75, 3.05) is 21.3 Å². The number of aryl methyl sites for hydroxylation is 1. The lowest BCUT2D eigenvalue weighted by Crippen LogP contribution is -2.10. The van der Waals surface area contributed by atoms with Crippen LogP contribution in [0.25, 0.3) is 22.1 Å². The van der Waals surface area contributed by atoms with Gasteiger partial charge in [0.2, 0.25) is 5.75 Å². The molecule has 0 fully saturated rings. The van der Waals surface area contributed by atoms with Crippen LogP contribution < -0.4 is 19.9 Å². The van der Waals surface area contributed by atoms with E-state index in [4.69, 9.17) is 24.4 Å². The molecule has 28 heavy (non-hydrogen) atoms. The van der Waals surface area contributed by atoms with E-state index in [1.54, 1.807) is 28.3 Å². The highest BCUT2D eigenvalue weighted by Crippen LogP contribution is 2.51. The normalized spacial score (nSPS) is 16.9. The van der Waals surface area contributed by atoms with E-state index in [2.05, 4.69) is 6.07 Å². The van der Waals surface area contributed by atoms with Gasteiger partial charge in [-0.05, 0) is 60.7 Å². The molecule has 3 aromatic rings. The summed E-state index contributed by atoms with van der Waals surface area (Å²) in [6.07, 6.45) is 0.906. The van der Waals surface area contributed by atoms with Gasteiger partial charge in [0.05, 0.1) is 21.3 Å². The molecule has 0 saturated carbocycles. The van der Waals surface area contributed by atoms with Gasteiger partial charge in [-0.3, -0.25) is 0 Å². The number of hydrogen-bond acceptors (Lipinski definition) is 6. The molecular formula is C22H25NO5. The second-order valence-electron chi connectivity index (χ2n) is 7.13. The molecule has 148 valence electrons. The van der Waals surface area contributed by atoms with Crippen molar-refractivity contribution in [3.63, 3.8) is 0 Å². The third kappa shape index (κ3) is 2.80. The molecule has 1 heterocycles. The average molecular weight is 383 g/mol. The SMILES string of the molecule is COc1cc2c(c(OC)c1OC)-c1cc3cc(C(C)O)oc3cc1[C@@H](N)CC2. The summed E-state index contributed by atoms with van der Waals surface area (Å²) >= 11 is 0. The smallest absolute Gasteiger partial charge is 0.203 e. The van der Waals surface area contributed by atoms with Crippen LogP contribution in [0.2, 0.25) is 0 Å². The highest BCUT2D eigenvalue weighted by molar-refractivity contribution is 5.91. The fourth-order valence-electron chi connectivity index (χ4n) is 4.02. The largest absolute Gasteiger partial charge is 0.493 e. The number of fused-ring (bicyclic) bond motifs is 4. The van der Waals surface area contributed by atoms with Gasteiger partial charge in [-0.1, -0.05) is 0 Å². The van der Waals surface area contributed by atoms with Crippen LogP contribution in [0.1, 0.15) is 42.4 Å². The number of methoxy groups -OCH3 is 3. The number of aliphatic hydroxyl groups excluding tert-OH is 1. The Labute approximate surface area is 163 Å². The number of ether oxygens (including phenoxy) is 3. The number of hydrogen-bond donors (Lipinski definition) is 2. The molecule has 0 amide bonds. The zero-order chi connectivity index (χ0) is 20.0. The molecule has 2 aromatic carbocycles. The molecule has 6 heteroatoms. The number of aliphatic hydroxyl groups is 1. The minimum absolute atomic E-state index is 0.145. The first kappa shape index (κ1) is 18.7. The van der Waals surface area contributed by atoms with Gasteiger partial charge in [0.15, 0.2) is 11.5 Å². The maximum absolute atomic E-state index is 9.88. The lowest BCUT2D eigenvalue weighted by Gasteiger charge is -2.20. The quantitative estimate of drug-likeness (QED) is 0.705. The summed E-state index contributed by atoms with van der Waals surface area (Å²) in [4.78, 5) is 0. The third-order valence-corrected chi connectivity index (χ3v) is 5.42. The Balaban J connectivity index is 2.06. The standard InChI is InChI=1S/C22H25NO5/c1-11(24)17-9-13-7-15-14(10-18(13)28-17)16(23)6-5-12-8-19(25-2)21(26-3)22(27-4)20(12)15/h7-11,16,24H,5-6,23H2,1-4H3/t11?,16-/m0/s1. The van der Waals surface area contributed by atoms with E-state index in [9.17, 15) is 5.11 Å². The minimum atomic E-state index is -0.674. The average Bonchev–Trinajstić information content (AvgIpc) is 3.07. The van der Waals surface area contributed by atoms with E-state index in [0.717, 1.165) is 40.5 Å². The number of rotatable bonds is 4.